The fraction of sp³-hybridized carbons (Fsp3) is 0.133. The zero-order chi connectivity index (χ0) is 17.0. The smallest absolute Gasteiger partial charge is 0.255 e. The van der Waals surface area contributed by atoms with Gasteiger partial charge in [-0.1, -0.05) is 28.1 Å². The van der Waals surface area contributed by atoms with Crippen molar-refractivity contribution in [3.8, 4) is 5.75 Å². The molecule has 2 aromatic carbocycles. The standard InChI is InChI=1S/C15H15BrN2O4S/c1-22-14-6-5-12(23(17,20)21)8-13(14)15(19)18-9-10-3-2-4-11(16)7-10/h2-8H,9H2,1H3,(H,18,19)(H2,17,20,21). The molecule has 0 aliphatic rings. The lowest BCUT2D eigenvalue weighted by Crippen LogP contribution is -2.24. The third-order valence-corrected chi connectivity index (χ3v) is 4.49. The molecule has 0 aliphatic heterocycles. The van der Waals surface area contributed by atoms with E-state index in [1.807, 2.05) is 24.3 Å². The normalized spacial score (nSPS) is 11.1. The second kappa shape index (κ2) is 7.12. The first kappa shape index (κ1) is 17.5. The number of sulfonamides is 1. The second-order valence-corrected chi connectivity index (χ2v) is 7.20. The minimum Gasteiger partial charge on any atom is -0.496 e. The van der Waals surface area contributed by atoms with Crippen molar-refractivity contribution in [1.82, 2.24) is 5.32 Å². The lowest BCUT2D eigenvalue weighted by Gasteiger charge is -2.11. The third-order valence-electron chi connectivity index (χ3n) is 3.09. The summed E-state index contributed by atoms with van der Waals surface area (Å²) in [5.41, 5.74) is 1.00. The third kappa shape index (κ3) is 4.54. The van der Waals surface area contributed by atoms with Crippen LogP contribution in [0.4, 0.5) is 0 Å². The Kier molecular flexibility index (Phi) is 5.40. The van der Waals surface area contributed by atoms with E-state index in [9.17, 15) is 13.2 Å². The topological polar surface area (TPSA) is 98.5 Å². The number of ether oxygens (including phenoxy) is 1. The zero-order valence-corrected chi connectivity index (χ0v) is 14.6. The Bertz CT molecular complexity index is 837. The number of halogens is 1. The zero-order valence-electron chi connectivity index (χ0n) is 12.2. The van der Waals surface area contributed by atoms with Crippen molar-refractivity contribution in [1.29, 1.82) is 0 Å². The van der Waals surface area contributed by atoms with Crippen molar-refractivity contribution in [2.24, 2.45) is 5.14 Å². The van der Waals surface area contributed by atoms with Crippen molar-refractivity contribution in [3.05, 3.63) is 58.1 Å². The average molecular weight is 399 g/mol. The molecular weight excluding hydrogens is 384 g/mol. The van der Waals surface area contributed by atoms with E-state index >= 15 is 0 Å². The number of primary sulfonamides is 1. The molecule has 0 bridgehead atoms. The molecule has 8 heteroatoms. The molecular formula is C15H15BrN2O4S. The molecule has 2 aromatic rings. The quantitative estimate of drug-likeness (QED) is 0.804. The number of benzene rings is 2. The van der Waals surface area contributed by atoms with E-state index in [1.165, 1.54) is 25.3 Å². The van der Waals surface area contributed by atoms with E-state index in [-0.39, 0.29) is 16.2 Å². The predicted octanol–water partition coefficient (Wildman–Crippen LogP) is 2.04. The first-order chi connectivity index (χ1) is 10.8. The Morgan fingerprint density at radius 3 is 2.61 bits per heavy atom. The van der Waals surface area contributed by atoms with Gasteiger partial charge in [-0.3, -0.25) is 4.79 Å². The summed E-state index contributed by atoms with van der Waals surface area (Å²) in [5.74, 6) is -0.184. The minimum absolute atomic E-state index is 0.106. The van der Waals surface area contributed by atoms with Gasteiger partial charge in [0, 0.05) is 11.0 Å². The van der Waals surface area contributed by atoms with Crippen LogP contribution in [0.1, 0.15) is 15.9 Å². The number of carbonyl (C=O) groups excluding carboxylic acids is 1. The lowest BCUT2D eigenvalue weighted by atomic mass is 10.1. The summed E-state index contributed by atoms with van der Waals surface area (Å²) < 4.78 is 28.9. The van der Waals surface area contributed by atoms with Crippen LogP contribution in [0.25, 0.3) is 0 Å². The molecule has 0 spiro atoms. The van der Waals surface area contributed by atoms with Gasteiger partial charge >= 0.3 is 0 Å². The summed E-state index contributed by atoms with van der Waals surface area (Å²) in [4.78, 5) is 12.2. The second-order valence-electron chi connectivity index (χ2n) is 4.72. The largest absolute Gasteiger partial charge is 0.496 e. The molecule has 0 saturated heterocycles. The van der Waals surface area contributed by atoms with Crippen LogP contribution in [0.5, 0.6) is 5.75 Å². The first-order valence-corrected chi connectivity index (χ1v) is 8.88. The van der Waals surface area contributed by atoms with E-state index in [2.05, 4.69) is 21.2 Å². The number of nitrogens with one attached hydrogen (secondary N) is 1. The number of hydrogen-bond donors (Lipinski definition) is 2. The maximum Gasteiger partial charge on any atom is 0.255 e. The lowest BCUT2D eigenvalue weighted by molar-refractivity contribution is 0.0947. The van der Waals surface area contributed by atoms with Gasteiger partial charge in [-0.15, -0.1) is 0 Å². The summed E-state index contributed by atoms with van der Waals surface area (Å²) in [6.07, 6.45) is 0. The summed E-state index contributed by atoms with van der Waals surface area (Å²) >= 11 is 3.35. The predicted molar refractivity (Wildman–Crippen MR) is 89.7 cm³/mol. The Morgan fingerprint density at radius 2 is 2.00 bits per heavy atom. The molecule has 3 N–H and O–H groups in total. The van der Waals surface area contributed by atoms with Crippen molar-refractivity contribution >= 4 is 31.9 Å². The molecule has 0 atom stereocenters. The molecule has 0 unspecified atom stereocenters. The van der Waals surface area contributed by atoms with Gasteiger partial charge in [-0.05, 0) is 35.9 Å². The number of hydrogen-bond acceptors (Lipinski definition) is 4. The van der Waals surface area contributed by atoms with E-state index in [0.29, 0.717) is 6.54 Å². The van der Waals surface area contributed by atoms with Gasteiger partial charge in [0.05, 0.1) is 17.6 Å². The molecule has 6 nitrogen and oxygen atoms in total. The van der Waals surface area contributed by atoms with Crippen LogP contribution in [-0.2, 0) is 16.6 Å². The summed E-state index contributed by atoms with van der Waals surface area (Å²) in [6, 6.07) is 11.4. The van der Waals surface area contributed by atoms with Gasteiger partial charge in [0.2, 0.25) is 10.0 Å². The van der Waals surface area contributed by atoms with Gasteiger partial charge < -0.3 is 10.1 Å². The first-order valence-electron chi connectivity index (χ1n) is 6.55. The van der Waals surface area contributed by atoms with Crippen LogP contribution >= 0.6 is 15.9 Å². The van der Waals surface area contributed by atoms with E-state index in [4.69, 9.17) is 9.88 Å². The van der Waals surface area contributed by atoms with Crippen molar-refractivity contribution in [3.63, 3.8) is 0 Å². The van der Waals surface area contributed by atoms with E-state index in [0.717, 1.165) is 10.0 Å². The molecule has 23 heavy (non-hydrogen) atoms. The van der Waals surface area contributed by atoms with Crippen LogP contribution in [-0.4, -0.2) is 21.4 Å². The molecule has 122 valence electrons. The Labute approximate surface area is 142 Å². The van der Waals surface area contributed by atoms with Crippen LogP contribution in [0.2, 0.25) is 0 Å². The molecule has 0 saturated carbocycles. The highest BCUT2D eigenvalue weighted by Crippen LogP contribution is 2.22. The fourth-order valence-corrected chi connectivity index (χ4v) is 2.95. The molecule has 2 rings (SSSR count). The Hall–Kier alpha value is -1.90. The van der Waals surface area contributed by atoms with Crippen molar-refractivity contribution in [2.45, 2.75) is 11.4 Å². The van der Waals surface area contributed by atoms with Crippen LogP contribution in [0.3, 0.4) is 0 Å². The number of rotatable bonds is 5. The van der Waals surface area contributed by atoms with Crippen molar-refractivity contribution in [2.75, 3.05) is 7.11 Å². The number of methoxy groups -OCH3 is 1. The summed E-state index contributed by atoms with van der Waals surface area (Å²) in [7, 11) is -2.50. The van der Waals surface area contributed by atoms with Crippen molar-refractivity contribution < 1.29 is 17.9 Å². The average Bonchev–Trinajstić information content (AvgIpc) is 2.51. The molecule has 0 radical (unpaired) electrons. The summed E-state index contributed by atoms with van der Waals surface area (Å²) in [6.45, 7) is 0.293. The molecule has 0 aliphatic carbocycles. The van der Waals surface area contributed by atoms with E-state index < -0.39 is 15.9 Å². The molecule has 0 aromatic heterocycles. The number of carbonyl (C=O) groups is 1. The van der Waals surface area contributed by atoms with Gasteiger partial charge in [0.25, 0.3) is 5.91 Å². The van der Waals surface area contributed by atoms with Gasteiger partial charge in [0.15, 0.2) is 0 Å². The fourth-order valence-electron chi connectivity index (χ4n) is 1.97. The minimum atomic E-state index is -3.90. The highest BCUT2D eigenvalue weighted by Gasteiger charge is 2.17. The number of amides is 1. The van der Waals surface area contributed by atoms with Gasteiger partial charge in [0.1, 0.15) is 5.75 Å². The van der Waals surface area contributed by atoms with Gasteiger partial charge in [-0.25, -0.2) is 13.6 Å². The Morgan fingerprint density at radius 1 is 1.26 bits per heavy atom. The SMILES string of the molecule is COc1ccc(S(N)(=O)=O)cc1C(=O)NCc1cccc(Br)c1. The van der Waals surface area contributed by atoms with E-state index in [1.54, 1.807) is 0 Å². The van der Waals surface area contributed by atoms with Crippen LogP contribution in [0.15, 0.2) is 51.8 Å². The molecule has 1 amide bonds. The Balaban J connectivity index is 2.24. The highest BCUT2D eigenvalue weighted by atomic mass is 79.9. The number of nitrogens with two attached hydrogens (primary N) is 1. The highest BCUT2D eigenvalue weighted by molar-refractivity contribution is 9.10. The van der Waals surface area contributed by atoms with Crippen LogP contribution in [0, 0.1) is 0 Å². The maximum atomic E-state index is 12.3. The van der Waals surface area contributed by atoms with Crippen LogP contribution < -0.4 is 15.2 Å². The summed E-state index contributed by atoms with van der Waals surface area (Å²) in [5, 5.41) is 7.81. The molecule has 0 heterocycles. The molecule has 0 fully saturated rings. The van der Waals surface area contributed by atoms with Gasteiger partial charge in [-0.2, -0.15) is 0 Å². The monoisotopic (exact) mass is 398 g/mol. The maximum absolute atomic E-state index is 12.3.